The van der Waals surface area contributed by atoms with Crippen LogP contribution in [0.1, 0.15) is 34.0 Å². The summed E-state index contributed by atoms with van der Waals surface area (Å²) in [6.07, 6.45) is 0.269. The van der Waals surface area contributed by atoms with Crippen molar-refractivity contribution in [3.63, 3.8) is 0 Å². The number of benzene rings is 3. The lowest BCUT2D eigenvalue weighted by atomic mass is 10.1. The third-order valence-electron chi connectivity index (χ3n) is 4.54. The van der Waals surface area contributed by atoms with E-state index in [1.807, 2.05) is 49.4 Å². The van der Waals surface area contributed by atoms with Gasteiger partial charge in [-0.1, -0.05) is 54.1 Å². The highest BCUT2D eigenvalue weighted by Gasteiger charge is 2.11. The number of rotatable bonds is 7. The SMILES string of the molecule is CC(=O)Oc1cccc(C(=O)NCc2ccccc2NC(=O)Cc2cccc(C)c2)c1. The average Bonchev–Trinajstić information content (AvgIpc) is 2.72. The summed E-state index contributed by atoms with van der Waals surface area (Å²) in [5.74, 6) is -0.579. The van der Waals surface area contributed by atoms with Gasteiger partial charge >= 0.3 is 5.97 Å². The molecule has 158 valence electrons. The van der Waals surface area contributed by atoms with Crippen LogP contribution in [0.4, 0.5) is 5.69 Å². The quantitative estimate of drug-likeness (QED) is 0.450. The van der Waals surface area contributed by atoms with Gasteiger partial charge in [0.2, 0.25) is 5.91 Å². The van der Waals surface area contributed by atoms with E-state index in [1.54, 1.807) is 24.3 Å². The molecule has 6 heteroatoms. The fraction of sp³-hybridized carbons (Fsp3) is 0.160. The minimum atomic E-state index is -0.451. The Hall–Kier alpha value is -3.93. The lowest BCUT2D eigenvalue weighted by Crippen LogP contribution is -2.24. The summed E-state index contributed by atoms with van der Waals surface area (Å²) >= 11 is 0. The number of nitrogens with one attached hydrogen (secondary N) is 2. The molecule has 31 heavy (non-hydrogen) atoms. The normalized spacial score (nSPS) is 10.3. The lowest BCUT2D eigenvalue weighted by molar-refractivity contribution is -0.131. The molecule has 6 nitrogen and oxygen atoms in total. The standard InChI is InChI=1S/C25H24N2O4/c1-17-7-5-8-19(13-17)14-24(29)27-23-12-4-3-9-21(23)16-26-25(30)20-10-6-11-22(15-20)31-18(2)28/h3-13,15H,14,16H2,1-2H3,(H,26,30)(H,27,29). The maximum Gasteiger partial charge on any atom is 0.308 e. The number of ether oxygens (including phenoxy) is 1. The lowest BCUT2D eigenvalue weighted by Gasteiger charge is -2.12. The molecule has 0 saturated heterocycles. The third-order valence-corrected chi connectivity index (χ3v) is 4.54. The van der Waals surface area contributed by atoms with E-state index in [0.717, 1.165) is 16.7 Å². The highest BCUT2D eigenvalue weighted by atomic mass is 16.5. The largest absolute Gasteiger partial charge is 0.427 e. The first-order valence-corrected chi connectivity index (χ1v) is 9.90. The van der Waals surface area contributed by atoms with E-state index in [0.29, 0.717) is 17.0 Å². The molecule has 2 amide bonds. The number of hydrogen-bond acceptors (Lipinski definition) is 4. The summed E-state index contributed by atoms with van der Waals surface area (Å²) in [7, 11) is 0. The van der Waals surface area contributed by atoms with Gasteiger partial charge in [-0.3, -0.25) is 14.4 Å². The van der Waals surface area contributed by atoms with Gasteiger partial charge in [0.15, 0.2) is 0 Å². The van der Waals surface area contributed by atoms with Crippen LogP contribution in [0.3, 0.4) is 0 Å². The Labute approximate surface area is 181 Å². The van der Waals surface area contributed by atoms with Crippen molar-refractivity contribution in [2.24, 2.45) is 0 Å². The summed E-state index contributed by atoms with van der Waals surface area (Å²) in [4.78, 5) is 36.1. The number of carbonyl (C=O) groups is 3. The van der Waals surface area contributed by atoms with E-state index < -0.39 is 5.97 Å². The fourth-order valence-electron chi connectivity index (χ4n) is 3.14. The van der Waals surface area contributed by atoms with Gasteiger partial charge in [0, 0.05) is 24.7 Å². The molecule has 3 rings (SSSR count). The molecule has 2 N–H and O–H groups in total. The Balaban J connectivity index is 1.63. The van der Waals surface area contributed by atoms with Crippen LogP contribution in [0.2, 0.25) is 0 Å². The Morgan fingerprint density at radius 2 is 1.68 bits per heavy atom. The zero-order valence-electron chi connectivity index (χ0n) is 17.5. The minimum Gasteiger partial charge on any atom is -0.427 e. The van der Waals surface area contributed by atoms with Gasteiger partial charge in [-0.25, -0.2) is 0 Å². The van der Waals surface area contributed by atoms with Crippen LogP contribution in [0, 0.1) is 6.92 Å². The number of hydrogen-bond donors (Lipinski definition) is 2. The van der Waals surface area contributed by atoms with E-state index in [4.69, 9.17) is 4.74 Å². The average molecular weight is 416 g/mol. The molecule has 0 heterocycles. The zero-order valence-corrected chi connectivity index (χ0v) is 17.5. The second-order valence-corrected chi connectivity index (χ2v) is 7.18. The number of anilines is 1. The van der Waals surface area contributed by atoms with E-state index in [-0.39, 0.29) is 24.8 Å². The van der Waals surface area contributed by atoms with Gasteiger partial charge in [-0.05, 0) is 42.3 Å². The maximum atomic E-state index is 12.5. The Kier molecular flexibility index (Phi) is 7.17. The van der Waals surface area contributed by atoms with Crippen LogP contribution in [-0.4, -0.2) is 17.8 Å². The molecule has 0 aliphatic rings. The monoisotopic (exact) mass is 416 g/mol. The predicted octanol–water partition coefficient (Wildman–Crippen LogP) is 4.03. The number of carbonyl (C=O) groups excluding carboxylic acids is 3. The van der Waals surface area contributed by atoms with Gasteiger partial charge in [-0.2, -0.15) is 0 Å². The van der Waals surface area contributed by atoms with Crippen LogP contribution >= 0.6 is 0 Å². The zero-order chi connectivity index (χ0) is 22.2. The number of para-hydroxylation sites is 1. The van der Waals surface area contributed by atoms with Crippen molar-refractivity contribution in [2.75, 3.05) is 5.32 Å². The van der Waals surface area contributed by atoms with Crippen molar-refractivity contribution in [2.45, 2.75) is 26.8 Å². The summed E-state index contributed by atoms with van der Waals surface area (Å²) in [6, 6.07) is 21.5. The maximum absolute atomic E-state index is 12.5. The summed E-state index contributed by atoms with van der Waals surface area (Å²) < 4.78 is 5.02. The molecular weight excluding hydrogens is 392 g/mol. The van der Waals surface area contributed by atoms with Crippen LogP contribution < -0.4 is 15.4 Å². The highest BCUT2D eigenvalue weighted by Crippen LogP contribution is 2.17. The van der Waals surface area contributed by atoms with Crippen molar-refractivity contribution >= 4 is 23.5 Å². The van der Waals surface area contributed by atoms with E-state index in [2.05, 4.69) is 10.6 Å². The number of amides is 2. The van der Waals surface area contributed by atoms with E-state index in [9.17, 15) is 14.4 Å². The van der Waals surface area contributed by atoms with Crippen molar-refractivity contribution in [3.05, 3.63) is 95.1 Å². The van der Waals surface area contributed by atoms with Gasteiger partial charge in [-0.15, -0.1) is 0 Å². The van der Waals surface area contributed by atoms with Crippen molar-refractivity contribution in [1.82, 2.24) is 5.32 Å². The van der Waals surface area contributed by atoms with Crippen molar-refractivity contribution < 1.29 is 19.1 Å². The first-order chi connectivity index (χ1) is 14.9. The molecule has 0 fully saturated rings. The molecule has 0 atom stereocenters. The molecule has 0 radical (unpaired) electrons. The molecule has 0 bridgehead atoms. The van der Waals surface area contributed by atoms with Gasteiger partial charge in [0.25, 0.3) is 5.91 Å². The predicted molar refractivity (Wildman–Crippen MR) is 119 cm³/mol. The molecule has 0 aliphatic heterocycles. The molecule has 0 spiro atoms. The highest BCUT2D eigenvalue weighted by molar-refractivity contribution is 5.95. The first-order valence-electron chi connectivity index (χ1n) is 9.90. The Morgan fingerprint density at radius 1 is 0.903 bits per heavy atom. The van der Waals surface area contributed by atoms with Crippen LogP contribution in [0.25, 0.3) is 0 Å². The molecule has 0 aromatic heterocycles. The first kappa shape index (κ1) is 21.8. The topological polar surface area (TPSA) is 84.5 Å². The summed E-state index contributed by atoms with van der Waals surface area (Å²) in [5.41, 5.74) is 3.85. The van der Waals surface area contributed by atoms with E-state index >= 15 is 0 Å². The second-order valence-electron chi connectivity index (χ2n) is 7.18. The second kappa shape index (κ2) is 10.2. The van der Waals surface area contributed by atoms with Crippen LogP contribution in [0.15, 0.2) is 72.8 Å². The Bertz CT molecular complexity index is 1110. The van der Waals surface area contributed by atoms with Crippen molar-refractivity contribution in [3.8, 4) is 5.75 Å². The molecule has 0 aliphatic carbocycles. The van der Waals surface area contributed by atoms with Gasteiger partial charge < -0.3 is 15.4 Å². The van der Waals surface area contributed by atoms with Gasteiger partial charge in [0.05, 0.1) is 6.42 Å². The number of aryl methyl sites for hydroxylation is 1. The molecular formula is C25H24N2O4. The van der Waals surface area contributed by atoms with Crippen molar-refractivity contribution in [1.29, 1.82) is 0 Å². The fourth-order valence-corrected chi connectivity index (χ4v) is 3.14. The van der Waals surface area contributed by atoms with Gasteiger partial charge in [0.1, 0.15) is 5.75 Å². The Morgan fingerprint density at radius 3 is 2.45 bits per heavy atom. The number of esters is 1. The minimum absolute atomic E-state index is 0.126. The molecule has 0 unspecified atom stereocenters. The van der Waals surface area contributed by atoms with E-state index in [1.165, 1.54) is 13.0 Å². The van der Waals surface area contributed by atoms with Crippen LogP contribution in [0.5, 0.6) is 5.75 Å². The van der Waals surface area contributed by atoms with Crippen LogP contribution in [-0.2, 0) is 22.6 Å². The smallest absolute Gasteiger partial charge is 0.308 e. The summed E-state index contributed by atoms with van der Waals surface area (Å²) in [6.45, 7) is 3.52. The third kappa shape index (κ3) is 6.54. The summed E-state index contributed by atoms with van der Waals surface area (Å²) in [5, 5.41) is 5.76. The molecule has 0 saturated carbocycles. The molecule has 3 aromatic rings. The molecule has 3 aromatic carbocycles.